The zero-order valence-electron chi connectivity index (χ0n) is 18.2. The largest absolute Gasteiger partial charge is 0.444 e. The lowest BCUT2D eigenvalue weighted by Crippen LogP contribution is -2.47. The van der Waals surface area contributed by atoms with E-state index in [4.69, 9.17) is 21.3 Å². The lowest BCUT2D eigenvalue weighted by molar-refractivity contribution is 0.0206. The van der Waals surface area contributed by atoms with E-state index in [0.717, 1.165) is 38.6 Å². The average molecular weight is 440 g/mol. The van der Waals surface area contributed by atoms with Gasteiger partial charge in [0, 0.05) is 38.3 Å². The molecule has 2 fully saturated rings. The Morgan fingerprint density at radius 3 is 2.83 bits per heavy atom. The van der Waals surface area contributed by atoms with Crippen LogP contribution in [0.4, 0.5) is 16.6 Å². The van der Waals surface area contributed by atoms with Crippen molar-refractivity contribution in [3.05, 3.63) is 11.2 Å². The Bertz CT molecular complexity index is 725. The van der Waals surface area contributed by atoms with Crippen molar-refractivity contribution in [2.75, 3.05) is 36.5 Å². The van der Waals surface area contributed by atoms with Gasteiger partial charge in [-0.25, -0.2) is 9.78 Å². The molecule has 0 bridgehead atoms. The molecule has 0 aliphatic carbocycles. The number of halogens is 1. The summed E-state index contributed by atoms with van der Waals surface area (Å²) in [5.41, 5.74) is -0.509. The number of carbonyl (C=O) groups is 1. The van der Waals surface area contributed by atoms with E-state index in [1.165, 1.54) is 0 Å². The fourth-order valence-corrected chi connectivity index (χ4v) is 4.33. The molecule has 0 saturated carbocycles. The SMILES string of the molecule is CC(C)(C)OC(=O)N1CCC[C@@H](Nc2ncc(Cl)c(N3CCCC[C@H]3CCO)n2)C1. The summed E-state index contributed by atoms with van der Waals surface area (Å²) in [6.45, 7) is 7.88. The molecule has 0 unspecified atom stereocenters. The quantitative estimate of drug-likeness (QED) is 0.722. The van der Waals surface area contributed by atoms with Crippen LogP contribution < -0.4 is 10.2 Å². The smallest absolute Gasteiger partial charge is 0.410 e. The maximum atomic E-state index is 12.4. The number of aliphatic hydroxyl groups excluding tert-OH is 1. The van der Waals surface area contributed by atoms with Gasteiger partial charge in [-0.15, -0.1) is 0 Å². The Labute approximate surface area is 184 Å². The molecule has 1 aromatic rings. The highest BCUT2D eigenvalue weighted by Gasteiger charge is 2.29. The third-order valence-electron chi connectivity index (χ3n) is 5.49. The van der Waals surface area contributed by atoms with Crippen LogP contribution in [0.2, 0.25) is 5.02 Å². The van der Waals surface area contributed by atoms with E-state index in [2.05, 4.69) is 15.2 Å². The summed E-state index contributed by atoms with van der Waals surface area (Å²) in [4.78, 5) is 25.4. The molecule has 2 atom stereocenters. The van der Waals surface area contributed by atoms with Gasteiger partial charge in [-0.1, -0.05) is 11.6 Å². The monoisotopic (exact) mass is 439 g/mol. The van der Waals surface area contributed by atoms with Crippen LogP contribution in [-0.4, -0.2) is 70.0 Å². The summed E-state index contributed by atoms with van der Waals surface area (Å²) < 4.78 is 5.51. The standard InChI is InChI=1S/C21H34ClN5O3/c1-21(2,3)30-20(29)26-10-6-7-15(14-26)24-19-23-13-17(22)18(25-19)27-11-5-4-8-16(27)9-12-28/h13,15-16,28H,4-12,14H2,1-3H3,(H,23,24,25)/t15-,16+/m1/s1. The zero-order chi connectivity index (χ0) is 21.7. The van der Waals surface area contributed by atoms with Crippen molar-refractivity contribution in [2.24, 2.45) is 0 Å². The molecular weight excluding hydrogens is 406 g/mol. The van der Waals surface area contributed by atoms with Crippen molar-refractivity contribution < 1.29 is 14.6 Å². The molecule has 3 rings (SSSR count). The van der Waals surface area contributed by atoms with E-state index < -0.39 is 5.60 Å². The Hall–Kier alpha value is -1.80. The molecule has 30 heavy (non-hydrogen) atoms. The fraction of sp³-hybridized carbons (Fsp3) is 0.762. The number of carbonyl (C=O) groups excluding carboxylic acids is 1. The van der Waals surface area contributed by atoms with Crippen molar-refractivity contribution in [3.8, 4) is 0 Å². The number of nitrogens with zero attached hydrogens (tertiary/aromatic N) is 4. The van der Waals surface area contributed by atoms with Gasteiger partial charge in [0.1, 0.15) is 10.6 Å². The number of aliphatic hydroxyl groups is 1. The third kappa shape index (κ3) is 6.11. The number of amides is 1. The summed E-state index contributed by atoms with van der Waals surface area (Å²) >= 11 is 6.44. The van der Waals surface area contributed by atoms with Crippen LogP contribution in [0.15, 0.2) is 6.20 Å². The van der Waals surface area contributed by atoms with Crippen LogP contribution >= 0.6 is 11.6 Å². The van der Waals surface area contributed by atoms with Gasteiger partial charge in [0.15, 0.2) is 5.82 Å². The Balaban J connectivity index is 1.68. The lowest BCUT2D eigenvalue weighted by Gasteiger charge is -2.37. The molecule has 2 aliphatic rings. The zero-order valence-corrected chi connectivity index (χ0v) is 19.0. The molecule has 8 nitrogen and oxygen atoms in total. The van der Waals surface area contributed by atoms with Crippen LogP contribution in [-0.2, 0) is 4.74 Å². The van der Waals surface area contributed by atoms with Gasteiger partial charge in [0.25, 0.3) is 0 Å². The van der Waals surface area contributed by atoms with Gasteiger partial charge in [-0.05, 0) is 59.3 Å². The maximum Gasteiger partial charge on any atom is 0.410 e. The van der Waals surface area contributed by atoms with Crippen molar-refractivity contribution in [2.45, 2.75) is 77.0 Å². The predicted octanol–water partition coefficient (Wildman–Crippen LogP) is 3.68. The predicted molar refractivity (Wildman–Crippen MR) is 118 cm³/mol. The molecule has 2 saturated heterocycles. The second-order valence-electron chi connectivity index (χ2n) is 9.13. The van der Waals surface area contributed by atoms with Crippen LogP contribution in [0.25, 0.3) is 0 Å². The first kappa shape index (κ1) is 22.9. The van der Waals surface area contributed by atoms with Crippen LogP contribution in [0.5, 0.6) is 0 Å². The van der Waals surface area contributed by atoms with Crippen molar-refractivity contribution in [1.82, 2.24) is 14.9 Å². The third-order valence-corrected chi connectivity index (χ3v) is 5.76. The molecule has 168 valence electrons. The van der Waals surface area contributed by atoms with Gasteiger partial charge in [-0.3, -0.25) is 0 Å². The fourth-order valence-electron chi connectivity index (χ4n) is 4.13. The number of hydrogen-bond acceptors (Lipinski definition) is 7. The summed E-state index contributed by atoms with van der Waals surface area (Å²) in [7, 11) is 0. The second kappa shape index (κ2) is 10.0. The average Bonchev–Trinajstić information content (AvgIpc) is 2.69. The summed E-state index contributed by atoms with van der Waals surface area (Å²) in [5.74, 6) is 1.23. The molecule has 0 radical (unpaired) electrons. The molecule has 3 heterocycles. The van der Waals surface area contributed by atoms with Crippen LogP contribution in [0, 0.1) is 0 Å². The molecule has 1 amide bonds. The van der Waals surface area contributed by atoms with E-state index in [9.17, 15) is 9.90 Å². The number of nitrogens with one attached hydrogen (secondary N) is 1. The number of piperidine rings is 2. The molecule has 2 aliphatic heterocycles. The van der Waals surface area contributed by atoms with Gasteiger partial charge < -0.3 is 25.0 Å². The van der Waals surface area contributed by atoms with Crippen molar-refractivity contribution >= 4 is 29.5 Å². The van der Waals surface area contributed by atoms with Gasteiger partial charge in [-0.2, -0.15) is 4.98 Å². The van der Waals surface area contributed by atoms with Gasteiger partial charge in [0.2, 0.25) is 5.95 Å². The molecule has 0 spiro atoms. The lowest BCUT2D eigenvalue weighted by atomic mass is 10.00. The topological polar surface area (TPSA) is 90.8 Å². The van der Waals surface area contributed by atoms with E-state index in [1.54, 1.807) is 11.1 Å². The number of ether oxygens (including phenoxy) is 1. The first-order valence-corrected chi connectivity index (χ1v) is 11.3. The summed E-state index contributed by atoms with van der Waals surface area (Å²) in [6, 6.07) is 0.288. The van der Waals surface area contributed by atoms with E-state index in [-0.39, 0.29) is 24.8 Å². The van der Waals surface area contributed by atoms with Gasteiger partial charge >= 0.3 is 6.09 Å². The van der Waals surface area contributed by atoms with Crippen LogP contribution in [0.1, 0.15) is 59.3 Å². The number of rotatable bonds is 5. The Morgan fingerprint density at radius 2 is 2.10 bits per heavy atom. The molecular formula is C21H34ClN5O3. The van der Waals surface area contributed by atoms with E-state index in [0.29, 0.717) is 36.3 Å². The second-order valence-corrected chi connectivity index (χ2v) is 9.54. The van der Waals surface area contributed by atoms with Crippen molar-refractivity contribution in [3.63, 3.8) is 0 Å². The minimum atomic E-state index is -0.509. The summed E-state index contributed by atoms with van der Waals surface area (Å²) in [6.07, 6.45) is 7.13. The number of anilines is 2. The molecule has 9 heteroatoms. The first-order chi connectivity index (χ1) is 14.3. The number of likely N-dealkylation sites (tertiary alicyclic amines) is 1. The van der Waals surface area contributed by atoms with Gasteiger partial charge in [0.05, 0.1) is 6.20 Å². The number of aromatic nitrogens is 2. The highest BCUT2D eigenvalue weighted by molar-refractivity contribution is 6.32. The normalized spacial score (nSPS) is 22.7. The highest BCUT2D eigenvalue weighted by atomic mass is 35.5. The maximum absolute atomic E-state index is 12.4. The van der Waals surface area contributed by atoms with Crippen molar-refractivity contribution in [1.29, 1.82) is 0 Å². The summed E-state index contributed by atoms with van der Waals surface area (Å²) in [5, 5.41) is 13.3. The van der Waals surface area contributed by atoms with E-state index in [1.807, 2.05) is 20.8 Å². The molecule has 2 N–H and O–H groups in total. The molecule has 1 aromatic heterocycles. The number of hydrogen-bond donors (Lipinski definition) is 2. The Morgan fingerprint density at radius 1 is 1.30 bits per heavy atom. The molecule has 0 aromatic carbocycles. The first-order valence-electron chi connectivity index (χ1n) is 10.9. The van der Waals surface area contributed by atoms with E-state index >= 15 is 0 Å². The minimum Gasteiger partial charge on any atom is -0.444 e. The Kier molecular flexibility index (Phi) is 7.63. The highest BCUT2D eigenvalue weighted by Crippen LogP contribution is 2.31. The minimum absolute atomic E-state index is 0.0508. The van der Waals surface area contributed by atoms with Crippen LogP contribution in [0.3, 0.4) is 0 Å².